The van der Waals surface area contributed by atoms with Gasteiger partial charge in [0.05, 0.1) is 19.3 Å². The molecule has 148 valence electrons. The van der Waals surface area contributed by atoms with E-state index in [-0.39, 0.29) is 24.0 Å². The third-order valence-electron chi connectivity index (χ3n) is 4.48. The molecule has 2 aromatic rings. The number of benzene rings is 1. The van der Waals surface area contributed by atoms with Gasteiger partial charge in [-0.1, -0.05) is 23.4 Å². The van der Waals surface area contributed by atoms with Crippen LogP contribution < -0.4 is 10.1 Å². The van der Waals surface area contributed by atoms with Gasteiger partial charge >= 0.3 is 0 Å². The molecule has 0 saturated carbocycles. The van der Waals surface area contributed by atoms with Gasteiger partial charge < -0.3 is 19.5 Å². The van der Waals surface area contributed by atoms with Crippen molar-refractivity contribution in [3.63, 3.8) is 0 Å². The highest BCUT2D eigenvalue weighted by Gasteiger charge is 2.20. The quantitative estimate of drug-likeness (QED) is 0.386. The molecule has 0 spiro atoms. The van der Waals surface area contributed by atoms with Gasteiger partial charge in [-0.25, -0.2) is 4.99 Å². The summed E-state index contributed by atoms with van der Waals surface area (Å²) in [6.07, 6.45) is 1.62. The molecule has 1 aliphatic rings. The summed E-state index contributed by atoms with van der Waals surface area (Å²) in [5.74, 6) is 1.84. The zero-order valence-electron chi connectivity index (χ0n) is 15.9. The van der Waals surface area contributed by atoms with E-state index in [0.717, 1.165) is 62.2 Å². The second-order valence-corrected chi connectivity index (χ2v) is 6.24. The Labute approximate surface area is 177 Å². The van der Waals surface area contributed by atoms with Crippen molar-refractivity contribution >= 4 is 29.9 Å². The van der Waals surface area contributed by atoms with Gasteiger partial charge in [0.25, 0.3) is 0 Å². The number of hydrogen-bond acceptors (Lipinski definition) is 5. The summed E-state index contributed by atoms with van der Waals surface area (Å²) >= 11 is 0. The second-order valence-electron chi connectivity index (χ2n) is 6.24. The maximum atomic E-state index is 5.42. The Hall–Kier alpha value is -1.81. The lowest BCUT2D eigenvalue weighted by atomic mass is 10.2. The van der Waals surface area contributed by atoms with E-state index in [0.29, 0.717) is 6.54 Å². The molecule has 0 aliphatic carbocycles. The van der Waals surface area contributed by atoms with Crippen LogP contribution in [0.25, 0.3) is 0 Å². The number of aliphatic imine (C=N–C) groups is 1. The fourth-order valence-corrected chi connectivity index (χ4v) is 3.09. The number of aromatic nitrogens is 1. The molecular formula is C19H28IN5O2. The first kappa shape index (κ1) is 21.5. The fourth-order valence-electron chi connectivity index (χ4n) is 3.09. The maximum absolute atomic E-state index is 5.42. The predicted octanol–water partition coefficient (Wildman–Crippen LogP) is 2.58. The van der Waals surface area contributed by atoms with E-state index >= 15 is 0 Å². The first-order valence-electron chi connectivity index (χ1n) is 9.07. The van der Waals surface area contributed by atoms with Crippen molar-refractivity contribution < 1.29 is 9.26 Å². The fraction of sp³-hybridized carbons (Fsp3) is 0.474. The van der Waals surface area contributed by atoms with E-state index in [1.807, 2.05) is 24.3 Å². The predicted molar refractivity (Wildman–Crippen MR) is 117 cm³/mol. The number of hydrogen-bond donors (Lipinski definition) is 1. The standard InChI is InChI=1S/C19H27N5O2.HI/c1-3-20-19(21-14-16-6-4-5-7-18(16)25-2)24-11-9-23(10-12-24)15-17-8-13-26-22-17;/h4-8,13H,3,9-12,14-15H2,1-2H3,(H,20,21);1H. The van der Waals surface area contributed by atoms with Gasteiger partial charge in [0.2, 0.25) is 0 Å². The van der Waals surface area contributed by atoms with Gasteiger partial charge in [0.15, 0.2) is 5.96 Å². The minimum Gasteiger partial charge on any atom is -0.496 e. The number of nitrogens with one attached hydrogen (secondary N) is 1. The lowest BCUT2D eigenvalue weighted by Gasteiger charge is -2.36. The zero-order valence-corrected chi connectivity index (χ0v) is 18.3. The van der Waals surface area contributed by atoms with Crippen LogP contribution in [0.2, 0.25) is 0 Å². The number of rotatable bonds is 6. The van der Waals surface area contributed by atoms with Crippen LogP contribution in [0.3, 0.4) is 0 Å². The summed E-state index contributed by atoms with van der Waals surface area (Å²) in [5.41, 5.74) is 2.07. The molecule has 0 unspecified atom stereocenters. The van der Waals surface area contributed by atoms with Crippen LogP contribution in [-0.4, -0.2) is 60.7 Å². The Morgan fingerprint density at radius 2 is 2.00 bits per heavy atom. The molecule has 0 bridgehead atoms. The third kappa shape index (κ3) is 6.10. The summed E-state index contributed by atoms with van der Waals surface area (Å²) in [7, 11) is 1.70. The first-order chi connectivity index (χ1) is 12.8. The van der Waals surface area contributed by atoms with E-state index in [4.69, 9.17) is 14.3 Å². The summed E-state index contributed by atoms with van der Waals surface area (Å²) in [5, 5.41) is 7.40. The largest absolute Gasteiger partial charge is 0.496 e. The first-order valence-corrected chi connectivity index (χ1v) is 9.07. The Bertz CT molecular complexity index is 700. The molecule has 2 heterocycles. The summed E-state index contributed by atoms with van der Waals surface area (Å²) in [6.45, 7) is 8.22. The minimum absolute atomic E-state index is 0. The molecule has 1 aromatic heterocycles. The van der Waals surface area contributed by atoms with Crippen molar-refractivity contribution in [1.29, 1.82) is 0 Å². The average Bonchev–Trinajstić information content (AvgIpc) is 3.19. The topological polar surface area (TPSA) is 66.1 Å². The highest BCUT2D eigenvalue weighted by atomic mass is 127. The van der Waals surface area contributed by atoms with Gasteiger partial charge in [0.1, 0.15) is 12.0 Å². The third-order valence-corrected chi connectivity index (χ3v) is 4.48. The maximum Gasteiger partial charge on any atom is 0.194 e. The van der Waals surface area contributed by atoms with Crippen molar-refractivity contribution in [3.05, 3.63) is 47.9 Å². The van der Waals surface area contributed by atoms with E-state index < -0.39 is 0 Å². The number of methoxy groups -OCH3 is 1. The van der Waals surface area contributed by atoms with E-state index in [2.05, 4.69) is 33.3 Å². The number of guanidine groups is 1. The molecule has 1 aromatic carbocycles. The minimum atomic E-state index is 0. The molecule has 7 nitrogen and oxygen atoms in total. The molecule has 1 saturated heterocycles. The number of ether oxygens (including phenoxy) is 1. The van der Waals surface area contributed by atoms with Crippen LogP contribution in [-0.2, 0) is 13.1 Å². The molecule has 0 radical (unpaired) electrons. The van der Waals surface area contributed by atoms with Gasteiger partial charge in [-0.2, -0.15) is 0 Å². The van der Waals surface area contributed by atoms with Crippen LogP contribution >= 0.6 is 24.0 Å². The zero-order chi connectivity index (χ0) is 18.2. The van der Waals surface area contributed by atoms with Crippen LogP contribution in [0.15, 0.2) is 46.1 Å². The lowest BCUT2D eigenvalue weighted by molar-refractivity contribution is 0.169. The van der Waals surface area contributed by atoms with Crippen LogP contribution in [0.4, 0.5) is 0 Å². The smallest absolute Gasteiger partial charge is 0.194 e. The van der Waals surface area contributed by atoms with Crippen LogP contribution in [0.1, 0.15) is 18.2 Å². The van der Waals surface area contributed by atoms with Crippen molar-refractivity contribution in [3.8, 4) is 5.75 Å². The van der Waals surface area contributed by atoms with Gasteiger partial charge in [-0.05, 0) is 13.0 Å². The normalized spacial score (nSPS) is 15.3. The summed E-state index contributed by atoms with van der Waals surface area (Å²) < 4.78 is 10.3. The molecule has 8 heteroatoms. The monoisotopic (exact) mass is 485 g/mol. The van der Waals surface area contributed by atoms with Gasteiger partial charge in [-0.15, -0.1) is 24.0 Å². The van der Waals surface area contributed by atoms with Crippen molar-refractivity contribution in [2.75, 3.05) is 39.8 Å². The van der Waals surface area contributed by atoms with Crippen molar-refractivity contribution in [2.24, 2.45) is 4.99 Å². The highest BCUT2D eigenvalue weighted by molar-refractivity contribution is 14.0. The number of piperazine rings is 1. The van der Waals surface area contributed by atoms with E-state index in [1.165, 1.54) is 0 Å². The van der Waals surface area contributed by atoms with Gasteiger partial charge in [0, 0.05) is 50.9 Å². The Morgan fingerprint density at radius 3 is 2.67 bits per heavy atom. The van der Waals surface area contributed by atoms with Crippen LogP contribution in [0, 0.1) is 0 Å². The van der Waals surface area contributed by atoms with Gasteiger partial charge in [-0.3, -0.25) is 4.90 Å². The van der Waals surface area contributed by atoms with Crippen LogP contribution in [0.5, 0.6) is 5.75 Å². The second kappa shape index (κ2) is 11.1. The molecule has 1 aliphatic heterocycles. The average molecular weight is 485 g/mol. The summed E-state index contributed by atoms with van der Waals surface area (Å²) in [6, 6.07) is 9.95. The van der Waals surface area contributed by atoms with E-state index in [1.54, 1.807) is 13.4 Å². The molecule has 1 fully saturated rings. The summed E-state index contributed by atoms with van der Waals surface area (Å²) in [4.78, 5) is 9.53. The number of halogens is 1. The number of para-hydroxylation sites is 1. The Balaban J connectivity index is 0.00000261. The molecular weight excluding hydrogens is 457 g/mol. The molecule has 0 amide bonds. The van der Waals surface area contributed by atoms with E-state index in [9.17, 15) is 0 Å². The lowest BCUT2D eigenvalue weighted by Crippen LogP contribution is -2.52. The molecule has 3 rings (SSSR count). The Kier molecular flexibility index (Phi) is 8.86. The molecule has 27 heavy (non-hydrogen) atoms. The van der Waals surface area contributed by atoms with Crippen molar-refractivity contribution in [1.82, 2.24) is 20.3 Å². The highest BCUT2D eigenvalue weighted by Crippen LogP contribution is 2.18. The molecule has 0 atom stereocenters. The Morgan fingerprint density at radius 1 is 1.22 bits per heavy atom. The SMILES string of the molecule is CCNC(=NCc1ccccc1OC)N1CCN(Cc2ccon2)CC1.I. The number of nitrogens with zero attached hydrogens (tertiary/aromatic N) is 4. The molecule has 1 N–H and O–H groups in total. The van der Waals surface area contributed by atoms with Crippen molar-refractivity contribution in [2.45, 2.75) is 20.0 Å².